The number of carbonyl (C=O) groups excluding carboxylic acids is 2. The van der Waals surface area contributed by atoms with Gasteiger partial charge in [-0.05, 0) is 42.0 Å². The first-order valence-electron chi connectivity index (χ1n) is 6.59. The highest BCUT2D eigenvalue weighted by atomic mass is 35.5. The molecule has 0 aliphatic carbocycles. The van der Waals surface area contributed by atoms with Crippen molar-refractivity contribution in [3.8, 4) is 0 Å². The van der Waals surface area contributed by atoms with Gasteiger partial charge >= 0.3 is 5.97 Å². The van der Waals surface area contributed by atoms with E-state index < -0.39 is 24.3 Å². The van der Waals surface area contributed by atoms with Gasteiger partial charge in [0.2, 0.25) is 0 Å². The Morgan fingerprint density at radius 2 is 1.78 bits per heavy atom. The van der Waals surface area contributed by atoms with Crippen LogP contribution in [0.4, 0.5) is 10.1 Å². The number of anilines is 1. The van der Waals surface area contributed by atoms with Crippen molar-refractivity contribution in [3.05, 3.63) is 63.9 Å². The number of hydrogen-bond acceptors (Lipinski definition) is 3. The van der Waals surface area contributed by atoms with Crippen molar-refractivity contribution in [1.29, 1.82) is 0 Å². The number of hydrogen-bond donors (Lipinski definition) is 1. The molecule has 0 aliphatic heterocycles. The van der Waals surface area contributed by atoms with Crippen molar-refractivity contribution in [3.63, 3.8) is 0 Å². The van der Waals surface area contributed by atoms with Gasteiger partial charge in [-0.15, -0.1) is 0 Å². The average molecular weight is 356 g/mol. The summed E-state index contributed by atoms with van der Waals surface area (Å²) in [7, 11) is 0. The van der Waals surface area contributed by atoms with E-state index in [0.717, 1.165) is 0 Å². The van der Waals surface area contributed by atoms with Crippen LogP contribution in [-0.4, -0.2) is 18.5 Å². The van der Waals surface area contributed by atoms with Crippen LogP contribution in [0.15, 0.2) is 42.5 Å². The standard InChI is InChI=1S/C16H12Cl2FNO3/c17-11-2-1-10(14(18)8-11)7-16(22)23-9-15(21)20-13-5-3-12(19)4-6-13/h1-6,8H,7,9H2,(H,20,21). The second-order valence-corrected chi connectivity index (χ2v) is 5.47. The maximum absolute atomic E-state index is 12.7. The van der Waals surface area contributed by atoms with Crippen LogP contribution >= 0.6 is 23.2 Å². The molecule has 0 unspecified atom stereocenters. The summed E-state index contributed by atoms with van der Waals surface area (Å²) in [4.78, 5) is 23.3. The monoisotopic (exact) mass is 355 g/mol. The third-order valence-corrected chi connectivity index (χ3v) is 3.43. The predicted molar refractivity (Wildman–Crippen MR) is 86.2 cm³/mol. The molecule has 0 aliphatic rings. The molecule has 0 saturated heterocycles. The van der Waals surface area contributed by atoms with Crippen LogP contribution in [0.2, 0.25) is 10.0 Å². The average Bonchev–Trinajstić information content (AvgIpc) is 2.50. The molecule has 1 N–H and O–H groups in total. The molecule has 1 amide bonds. The molecule has 120 valence electrons. The zero-order valence-electron chi connectivity index (χ0n) is 11.8. The minimum absolute atomic E-state index is 0.0696. The highest BCUT2D eigenvalue weighted by Crippen LogP contribution is 2.21. The minimum Gasteiger partial charge on any atom is -0.455 e. The van der Waals surface area contributed by atoms with Crippen LogP contribution in [0.5, 0.6) is 0 Å². The van der Waals surface area contributed by atoms with E-state index in [-0.39, 0.29) is 6.42 Å². The van der Waals surface area contributed by atoms with Crippen LogP contribution in [0.3, 0.4) is 0 Å². The topological polar surface area (TPSA) is 55.4 Å². The number of esters is 1. The third kappa shape index (κ3) is 5.54. The Bertz CT molecular complexity index is 720. The molecule has 0 aromatic heterocycles. The van der Waals surface area contributed by atoms with Gasteiger partial charge in [-0.1, -0.05) is 29.3 Å². The SMILES string of the molecule is O=C(COC(=O)Cc1ccc(Cl)cc1Cl)Nc1ccc(F)cc1. The van der Waals surface area contributed by atoms with Crippen molar-refractivity contribution in [2.24, 2.45) is 0 Å². The highest BCUT2D eigenvalue weighted by molar-refractivity contribution is 6.35. The first-order chi connectivity index (χ1) is 10.9. The molecule has 7 heteroatoms. The largest absolute Gasteiger partial charge is 0.455 e. The number of rotatable bonds is 5. The molecule has 4 nitrogen and oxygen atoms in total. The summed E-state index contributed by atoms with van der Waals surface area (Å²) in [6.07, 6.45) is -0.0696. The quantitative estimate of drug-likeness (QED) is 0.828. The zero-order chi connectivity index (χ0) is 16.8. The summed E-state index contributed by atoms with van der Waals surface area (Å²) in [6, 6.07) is 9.98. The summed E-state index contributed by atoms with van der Waals surface area (Å²) in [5.41, 5.74) is 0.966. The van der Waals surface area contributed by atoms with Crippen LogP contribution in [-0.2, 0) is 20.7 Å². The van der Waals surface area contributed by atoms with Crippen molar-refractivity contribution >= 4 is 40.8 Å². The number of ether oxygens (including phenoxy) is 1. The molecule has 0 atom stereocenters. The van der Waals surface area contributed by atoms with Gasteiger partial charge in [0.25, 0.3) is 5.91 Å². The van der Waals surface area contributed by atoms with Gasteiger partial charge in [-0.2, -0.15) is 0 Å². The van der Waals surface area contributed by atoms with Crippen molar-refractivity contribution in [1.82, 2.24) is 0 Å². The molecule has 0 spiro atoms. The Morgan fingerprint density at radius 3 is 2.43 bits per heavy atom. The molecular weight excluding hydrogens is 344 g/mol. The van der Waals surface area contributed by atoms with E-state index in [0.29, 0.717) is 21.3 Å². The maximum Gasteiger partial charge on any atom is 0.310 e. The van der Waals surface area contributed by atoms with Gasteiger partial charge in [0.15, 0.2) is 6.61 Å². The smallest absolute Gasteiger partial charge is 0.310 e. The fourth-order valence-corrected chi connectivity index (χ4v) is 2.22. The Hall–Kier alpha value is -2.11. The van der Waals surface area contributed by atoms with Crippen molar-refractivity contribution < 1.29 is 18.7 Å². The highest BCUT2D eigenvalue weighted by Gasteiger charge is 2.11. The van der Waals surface area contributed by atoms with Gasteiger partial charge in [-0.25, -0.2) is 4.39 Å². The number of nitrogens with one attached hydrogen (secondary N) is 1. The Balaban J connectivity index is 1.81. The van der Waals surface area contributed by atoms with E-state index in [4.69, 9.17) is 27.9 Å². The second-order valence-electron chi connectivity index (χ2n) is 4.63. The van der Waals surface area contributed by atoms with Crippen molar-refractivity contribution in [2.75, 3.05) is 11.9 Å². The summed E-state index contributed by atoms with van der Waals surface area (Å²) in [5, 5.41) is 3.30. The third-order valence-electron chi connectivity index (χ3n) is 2.84. The van der Waals surface area contributed by atoms with E-state index in [2.05, 4.69) is 5.32 Å². The molecule has 0 bridgehead atoms. The molecule has 0 fully saturated rings. The van der Waals surface area contributed by atoms with E-state index >= 15 is 0 Å². The van der Waals surface area contributed by atoms with Crippen LogP contribution in [0, 0.1) is 5.82 Å². The Kier molecular flexibility index (Phi) is 5.96. The molecule has 0 saturated carbocycles. The number of halogens is 3. The summed E-state index contributed by atoms with van der Waals surface area (Å²) >= 11 is 11.7. The van der Waals surface area contributed by atoms with Crippen LogP contribution < -0.4 is 5.32 Å². The van der Waals surface area contributed by atoms with Gasteiger partial charge < -0.3 is 10.1 Å². The number of benzene rings is 2. The first kappa shape index (κ1) is 17.2. The Morgan fingerprint density at radius 1 is 1.09 bits per heavy atom. The zero-order valence-corrected chi connectivity index (χ0v) is 13.3. The minimum atomic E-state index is -0.594. The lowest BCUT2D eigenvalue weighted by atomic mass is 10.1. The first-order valence-corrected chi connectivity index (χ1v) is 7.34. The molecular formula is C16H12Cl2FNO3. The van der Waals surface area contributed by atoms with Gasteiger partial charge in [0.05, 0.1) is 6.42 Å². The molecule has 23 heavy (non-hydrogen) atoms. The van der Waals surface area contributed by atoms with Gasteiger partial charge in [-0.3, -0.25) is 9.59 Å². The molecule has 0 heterocycles. The fourth-order valence-electron chi connectivity index (χ4n) is 1.75. The molecule has 0 radical (unpaired) electrons. The normalized spacial score (nSPS) is 10.2. The summed E-state index contributed by atoms with van der Waals surface area (Å²) in [5.74, 6) is -1.52. The van der Waals surface area contributed by atoms with Gasteiger partial charge in [0.1, 0.15) is 5.82 Å². The number of amides is 1. The predicted octanol–water partition coefficient (Wildman–Crippen LogP) is 3.86. The van der Waals surface area contributed by atoms with Crippen LogP contribution in [0.25, 0.3) is 0 Å². The lowest BCUT2D eigenvalue weighted by Crippen LogP contribution is -2.21. The van der Waals surface area contributed by atoms with Crippen molar-refractivity contribution in [2.45, 2.75) is 6.42 Å². The van der Waals surface area contributed by atoms with Gasteiger partial charge in [0, 0.05) is 15.7 Å². The van der Waals surface area contributed by atoms with E-state index in [1.165, 1.54) is 30.3 Å². The molecule has 2 rings (SSSR count). The maximum atomic E-state index is 12.7. The fraction of sp³-hybridized carbons (Fsp3) is 0.125. The summed E-state index contributed by atoms with van der Waals surface area (Å²) < 4.78 is 17.6. The van der Waals surface area contributed by atoms with E-state index in [9.17, 15) is 14.0 Å². The molecule has 2 aromatic carbocycles. The van der Waals surface area contributed by atoms with E-state index in [1.54, 1.807) is 12.1 Å². The number of carbonyl (C=O) groups is 2. The second kappa shape index (κ2) is 7.94. The van der Waals surface area contributed by atoms with E-state index in [1.807, 2.05) is 0 Å². The lowest BCUT2D eigenvalue weighted by molar-refractivity contribution is -0.146. The molecule has 2 aromatic rings. The summed E-state index contributed by atoms with van der Waals surface area (Å²) in [6.45, 7) is -0.443. The Labute approximate surface area is 142 Å². The lowest BCUT2D eigenvalue weighted by Gasteiger charge is -2.07. The van der Waals surface area contributed by atoms with Crippen LogP contribution in [0.1, 0.15) is 5.56 Å².